The predicted molar refractivity (Wildman–Crippen MR) is 93.6 cm³/mol. The molecule has 21 heavy (non-hydrogen) atoms. The van der Waals surface area contributed by atoms with Crippen LogP contribution in [-0.4, -0.2) is 0 Å². The minimum Gasteiger partial charge on any atom is -0.0610 e. The van der Waals surface area contributed by atoms with E-state index in [1.165, 1.54) is 43.4 Å². The Balaban J connectivity index is 2.35. The van der Waals surface area contributed by atoms with E-state index in [4.69, 9.17) is 0 Å². The molecule has 0 bridgehead atoms. The van der Waals surface area contributed by atoms with Crippen LogP contribution in [0.4, 0.5) is 0 Å². The van der Waals surface area contributed by atoms with Gasteiger partial charge in [-0.15, -0.1) is 0 Å². The molecule has 0 heteroatoms. The topological polar surface area (TPSA) is 0 Å². The maximum atomic E-state index is 2.36. The average molecular weight is 272 g/mol. The minimum absolute atomic E-state index is 0.159. The third kappa shape index (κ3) is 1.68. The van der Waals surface area contributed by atoms with Gasteiger partial charge in [0.1, 0.15) is 0 Å². The molecule has 0 N–H and O–H groups in total. The number of hydrogen-bond acceptors (Lipinski definition) is 0. The van der Waals surface area contributed by atoms with Gasteiger partial charge in [0.25, 0.3) is 0 Å². The van der Waals surface area contributed by atoms with Crippen molar-refractivity contribution in [1.29, 1.82) is 0 Å². The minimum atomic E-state index is 0.159. The third-order valence-electron chi connectivity index (χ3n) is 4.59. The molecule has 0 nitrogen and oxygen atoms in total. The van der Waals surface area contributed by atoms with Gasteiger partial charge in [-0.2, -0.15) is 0 Å². The van der Waals surface area contributed by atoms with Crippen LogP contribution in [0, 0.1) is 6.92 Å². The van der Waals surface area contributed by atoms with E-state index in [9.17, 15) is 0 Å². The highest BCUT2D eigenvalue weighted by Crippen LogP contribution is 2.40. The fourth-order valence-electron chi connectivity index (χ4n) is 3.95. The maximum Gasteiger partial charge on any atom is -0.00236 e. The summed E-state index contributed by atoms with van der Waals surface area (Å²) in [5.74, 6) is 0. The molecule has 4 aromatic rings. The molecule has 104 valence electrons. The zero-order valence-corrected chi connectivity index (χ0v) is 13.1. The Morgan fingerprint density at radius 3 is 2.00 bits per heavy atom. The molecule has 0 heterocycles. The lowest BCUT2D eigenvalue weighted by molar-refractivity contribution is 0.592. The summed E-state index contributed by atoms with van der Waals surface area (Å²) in [5.41, 5.74) is 3.04. The zero-order chi connectivity index (χ0) is 14.8. The fraction of sp³-hybridized carbons (Fsp3) is 0.238. The van der Waals surface area contributed by atoms with Crippen LogP contribution in [-0.2, 0) is 5.41 Å². The molecule has 0 aliphatic heterocycles. The van der Waals surface area contributed by atoms with Crippen molar-refractivity contribution in [3.63, 3.8) is 0 Å². The number of aryl methyl sites for hydroxylation is 1. The van der Waals surface area contributed by atoms with E-state index in [1.54, 1.807) is 0 Å². The number of rotatable bonds is 0. The molecule has 4 rings (SSSR count). The average Bonchev–Trinajstić information content (AvgIpc) is 2.42. The van der Waals surface area contributed by atoms with E-state index in [0.29, 0.717) is 0 Å². The fourth-order valence-corrected chi connectivity index (χ4v) is 3.95. The summed E-state index contributed by atoms with van der Waals surface area (Å²) in [4.78, 5) is 0. The Bertz CT molecular complexity index is 952. The van der Waals surface area contributed by atoms with Gasteiger partial charge in [-0.25, -0.2) is 0 Å². The summed E-state index contributed by atoms with van der Waals surface area (Å²) in [7, 11) is 0. The molecule has 0 saturated heterocycles. The summed E-state index contributed by atoms with van der Waals surface area (Å²) in [5, 5.41) is 8.31. The molecule has 0 saturated carbocycles. The number of hydrogen-bond donors (Lipinski definition) is 0. The molecule has 0 radical (unpaired) electrons. The van der Waals surface area contributed by atoms with Gasteiger partial charge >= 0.3 is 0 Å². The normalized spacial score (nSPS) is 12.8. The molecule has 0 fully saturated rings. The summed E-state index contributed by atoms with van der Waals surface area (Å²) >= 11 is 0. The van der Waals surface area contributed by atoms with Crippen LogP contribution in [0.2, 0.25) is 0 Å². The summed E-state index contributed by atoms with van der Waals surface area (Å²) < 4.78 is 0. The van der Waals surface area contributed by atoms with Crippen molar-refractivity contribution in [2.24, 2.45) is 0 Å². The van der Waals surface area contributed by atoms with Crippen molar-refractivity contribution in [2.75, 3.05) is 0 Å². The highest BCUT2D eigenvalue weighted by atomic mass is 14.3. The lowest BCUT2D eigenvalue weighted by Crippen LogP contribution is -2.14. The standard InChI is InChI=1S/C21H20/c1-13-12-16-9-8-14-6-5-7-15-10-11-17(19(16)18(14)15)20(13)21(2,3)4/h5-12H,1-4H3. The molecule has 0 aromatic heterocycles. The van der Waals surface area contributed by atoms with Crippen LogP contribution in [0.1, 0.15) is 31.9 Å². The van der Waals surface area contributed by atoms with E-state index >= 15 is 0 Å². The van der Waals surface area contributed by atoms with Gasteiger partial charge < -0.3 is 0 Å². The van der Waals surface area contributed by atoms with Crippen molar-refractivity contribution >= 4 is 32.3 Å². The molecule has 0 unspecified atom stereocenters. The van der Waals surface area contributed by atoms with Crippen LogP contribution in [0.25, 0.3) is 32.3 Å². The highest BCUT2D eigenvalue weighted by Gasteiger charge is 2.21. The molecule has 4 aromatic carbocycles. The van der Waals surface area contributed by atoms with Crippen molar-refractivity contribution in [3.8, 4) is 0 Å². The first-order valence-electron chi connectivity index (χ1n) is 7.64. The van der Waals surface area contributed by atoms with Crippen molar-refractivity contribution in [3.05, 3.63) is 59.7 Å². The van der Waals surface area contributed by atoms with Crippen molar-refractivity contribution < 1.29 is 0 Å². The van der Waals surface area contributed by atoms with Crippen LogP contribution in [0.5, 0.6) is 0 Å². The second kappa shape index (κ2) is 3.98. The molecule has 0 aliphatic carbocycles. The summed E-state index contributed by atoms with van der Waals surface area (Å²) in [6.45, 7) is 9.18. The van der Waals surface area contributed by atoms with Crippen LogP contribution in [0.3, 0.4) is 0 Å². The highest BCUT2D eigenvalue weighted by molar-refractivity contribution is 6.23. The van der Waals surface area contributed by atoms with E-state index in [-0.39, 0.29) is 5.41 Å². The quantitative estimate of drug-likeness (QED) is 0.335. The Morgan fingerprint density at radius 1 is 0.714 bits per heavy atom. The van der Waals surface area contributed by atoms with Gasteiger partial charge in [0.05, 0.1) is 0 Å². The predicted octanol–water partition coefficient (Wildman–Crippen LogP) is 6.19. The lowest BCUT2D eigenvalue weighted by atomic mass is 9.79. The smallest absolute Gasteiger partial charge is 0.00236 e. The summed E-state index contributed by atoms with van der Waals surface area (Å²) in [6.07, 6.45) is 0. The Kier molecular flexibility index (Phi) is 2.39. The van der Waals surface area contributed by atoms with Crippen LogP contribution in [0.15, 0.2) is 48.5 Å². The first-order valence-corrected chi connectivity index (χ1v) is 7.64. The second-order valence-electron chi connectivity index (χ2n) is 7.17. The molecular formula is C21H20. The van der Waals surface area contributed by atoms with Crippen LogP contribution >= 0.6 is 0 Å². The van der Waals surface area contributed by atoms with Gasteiger partial charge in [0, 0.05) is 0 Å². The molecule has 0 aliphatic rings. The Hall–Kier alpha value is -2.08. The van der Waals surface area contributed by atoms with Crippen molar-refractivity contribution in [2.45, 2.75) is 33.1 Å². The first kappa shape index (κ1) is 12.6. The molecule has 0 atom stereocenters. The first-order chi connectivity index (χ1) is 9.97. The van der Waals surface area contributed by atoms with Gasteiger partial charge in [-0.3, -0.25) is 0 Å². The third-order valence-corrected chi connectivity index (χ3v) is 4.59. The lowest BCUT2D eigenvalue weighted by Gasteiger charge is -2.25. The van der Waals surface area contributed by atoms with E-state index < -0.39 is 0 Å². The second-order valence-corrected chi connectivity index (χ2v) is 7.17. The largest absolute Gasteiger partial charge is 0.0610 e. The van der Waals surface area contributed by atoms with E-state index in [2.05, 4.69) is 76.2 Å². The molecule has 0 amide bonds. The van der Waals surface area contributed by atoms with Gasteiger partial charge in [0.2, 0.25) is 0 Å². The van der Waals surface area contributed by atoms with Crippen molar-refractivity contribution in [1.82, 2.24) is 0 Å². The molecule has 0 spiro atoms. The van der Waals surface area contributed by atoms with Gasteiger partial charge in [-0.1, -0.05) is 69.3 Å². The zero-order valence-electron chi connectivity index (χ0n) is 13.1. The molecular weight excluding hydrogens is 252 g/mol. The van der Waals surface area contributed by atoms with E-state index in [0.717, 1.165) is 0 Å². The maximum absolute atomic E-state index is 2.36. The monoisotopic (exact) mass is 272 g/mol. The SMILES string of the molecule is Cc1cc2ccc3cccc4ccc(c1C(C)(C)C)c2c34. The van der Waals surface area contributed by atoms with Crippen LogP contribution < -0.4 is 0 Å². The Labute approximate surface area is 125 Å². The van der Waals surface area contributed by atoms with E-state index in [1.807, 2.05) is 0 Å². The van der Waals surface area contributed by atoms with Gasteiger partial charge in [0.15, 0.2) is 0 Å². The van der Waals surface area contributed by atoms with Gasteiger partial charge in [-0.05, 0) is 55.8 Å². The number of benzene rings is 4. The Morgan fingerprint density at radius 2 is 1.33 bits per heavy atom. The summed E-state index contributed by atoms with van der Waals surface area (Å²) in [6, 6.07) is 18.1.